The molecule has 1 aliphatic heterocycles. The fourth-order valence-corrected chi connectivity index (χ4v) is 3.48. The van der Waals surface area contributed by atoms with Crippen LogP contribution < -0.4 is 5.32 Å². The van der Waals surface area contributed by atoms with Crippen LogP contribution in [0.2, 0.25) is 0 Å². The number of hydrogen-bond acceptors (Lipinski definition) is 4. The van der Waals surface area contributed by atoms with E-state index in [1.807, 2.05) is 18.3 Å². The van der Waals surface area contributed by atoms with Crippen LogP contribution in [0.15, 0.2) is 48.1 Å². The van der Waals surface area contributed by atoms with Crippen LogP contribution in [0.3, 0.4) is 0 Å². The molecule has 0 spiro atoms. The average molecular weight is 293 g/mol. The van der Waals surface area contributed by atoms with Crippen LogP contribution in [0.4, 0.5) is 0 Å². The van der Waals surface area contributed by atoms with Crippen molar-refractivity contribution >= 4 is 11.3 Å². The number of rotatable bonds is 2. The lowest BCUT2D eigenvalue weighted by Gasteiger charge is -2.17. The second-order valence-corrected chi connectivity index (χ2v) is 6.05. The molecule has 2 aromatic heterocycles. The summed E-state index contributed by atoms with van der Waals surface area (Å²) in [6.45, 7) is 2.04. The summed E-state index contributed by atoms with van der Waals surface area (Å²) >= 11 is 1.67. The van der Waals surface area contributed by atoms with Crippen LogP contribution in [0.1, 0.15) is 11.1 Å². The highest BCUT2D eigenvalue weighted by molar-refractivity contribution is 7.13. The zero-order chi connectivity index (χ0) is 14.1. The summed E-state index contributed by atoms with van der Waals surface area (Å²) in [7, 11) is 0. The first-order chi connectivity index (χ1) is 10.4. The minimum Gasteiger partial charge on any atom is -0.312 e. The Balaban J connectivity index is 1.70. The monoisotopic (exact) mass is 293 g/mol. The van der Waals surface area contributed by atoms with Gasteiger partial charge in [-0.25, -0.2) is 4.98 Å². The van der Waals surface area contributed by atoms with Gasteiger partial charge in [0.15, 0.2) is 0 Å². The molecule has 1 aliphatic rings. The standard InChI is InChI=1S/C17H15N3S/c1-2-15(10-18-6-1)17-20-16(11-21-17)13-3-4-14-9-19-7-5-12(14)8-13/h1-4,6,8,10-11,19H,5,7,9H2. The lowest BCUT2D eigenvalue weighted by Crippen LogP contribution is -2.23. The molecule has 0 unspecified atom stereocenters. The molecule has 4 heteroatoms. The van der Waals surface area contributed by atoms with E-state index in [1.54, 1.807) is 17.5 Å². The van der Waals surface area contributed by atoms with Crippen molar-refractivity contribution in [2.45, 2.75) is 13.0 Å². The Labute approximate surface area is 127 Å². The van der Waals surface area contributed by atoms with E-state index >= 15 is 0 Å². The number of hydrogen-bond donors (Lipinski definition) is 1. The third kappa shape index (κ3) is 2.48. The Kier molecular flexibility index (Phi) is 3.25. The number of nitrogens with zero attached hydrogens (tertiary/aromatic N) is 2. The van der Waals surface area contributed by atoms with E-state index in [4.69, 9.17) is 4.98 Å². The molecule has 0 bridgehead atoms. The van der Waals surface area contributed by atoms with Crippen LogP contribution in [0.5, 0.6) is 0 Å². The lowest BCUT2D eigenvalue weighted by molar-refractivity contribution is 0.644. The normalized spacial score (nSPS) is 13.9. The van der Waals surface area contributed by atoms with Crippen molar-refractivity contribution in [3.8, 4) is 21.8 Å². The summed E-state index contributed by atoms with van der Waals surface area (Å²) in [6, 6.07) is 10.7. The first-order valence-corrected chi connectivity index (χ1v) is 7.97. The molecule has 0 saturated carbocycles. The first kappa shape index (κ1) is 12.7. The maximum Gasteiger partial charge on any atom is 0.125 e. The van der Waals surface area contributed by atoms with E-state index in [-0.39, 0.29) is 0 Å². The van der Waals surface area contributed by atoms with E-state index in [0.717, 1.165) is 35.8 Å². The van der Waals surface area contributed by atoms with Crippen LogP contribution in [0.25, 0.3) is 21.8 Å². The second-order valence-electron chi connectivity index (χ2n) is 5.19. The molecule has 3 nitrogen and oxygen atoms in total. The van der Waals surface area contributed by atoms with Gasteiger partial charge in [0.05, 0.1) is 5.69 Å². The summed E-state index contributed by atoms with van der Waals surface area (Å²) in [5.74, 6) is 0. The van der Waals surface area contributed by atoms with Gasteiger partial charge in [-0.3, -0.25) is 4.98 Å². The zero-order valence-electron chi connectivity index (χ0n) is 11.5. The van der Waals surface area contributed by atoms with Gasteiger partial charge in [0.25, 0.3) is 0 Å². The van der Waals surface area contributed by atoms with Crippen molar-refractivity contribution in [2.75, 3.05) is 6.54 Å². The predicted molar refractivity (Wildman–Crippen MR) is 86.2 cm³/mol. The minimum absolute atomic E-state index is 0.980. The molecule has 0 atom stereocenters. The Morgan fingerprint density at radius 3 is 3.00 bits per heavy atom. The Bertz CT molecular complexity index is 765. The molecule has 1 N–H and O–H groups in total. The number of thiazole rings is 1. The number of benzene rings is 1. The van der Waals surface area contributed by atoms with E-state index in [9.17, 15) is 0 Å². The number of nitrogens with one attached hydrogen (secondary N) is 1. The van der Waals surface area contributed by atoms with Crippen molar-refractivity contribution in [3.05, 3.63) is 59.2 Å². The predicted octanol–water partition coefficient (Wildman–Crippen LogP) is 3.52. The smallest absolute Gasteiger partial charge is 0.125 e. The molecule has 0 saturated heterocycles. The van der Waals surface area contributed by atoms with E-state index < -0.39 is 0 Å². The van der Waals surface area contributed by atoms with Gasteiger partial charge < -0.3 is 5.32 Å². The molecule has 4 rings (SSSR count). The summed E-state index contributed by atoms with van der Waals surface area (Å²) < 4.78 is 0. The van der Waals surface area contributed by atoms with Gasteiger partial charge in [0, 0.05) is 35.4 Å². The maximum absolute atomic E-state index is 4.76. The fraction of sp³-hybridized carbons (Fsp3) is 0.176. The van der Waals surface area contributed by atoms with Gasteiger partial charge in [-0.1, -0.05) is 12.1 Å². The number of pyridine rings is 1. The number of aromatic nitrogens is 2. The van der Waals surface area contributed by atoms with Gasteiger partial charge in [0.1, 0.15) is 5.01 Å². The molecular weight excluding hydrogens is 278 g/mol. The maximum atomic E-state index is 4.76. The largest absolute Gasteiger partial charge is 0.312 e. The summed E-state index contributed by atoms with van der Waals surface area (Å²) in [4.78, 5) is 8.92. The SMILES string of the molecule is c1cncc(-c2nc(-c3ccc4c(c3)CCNC4)cs2)c1. The highest BCUT2D eigenvalue weighted by Gasteiger charge is 2.12. The fourth-order valence-electron chi connectivity index (χ4n) is 2.66. The van der Waals surface area contributed by atoms with E-state index in [0.29, 0.717) is 0 Å². The average Bonchev–Trinajstić information content (AvgIpc) is 3.05. The third-order valence-electron chi connectivity index (χ3n) is 3.80. The zero-order valence-corrected chi connectivity index (χ0v) is 12.4. The van der Waals surface area contributed by atoms with Crippen molar-refractivity contribution in [2.24, 2.45) is 0 Å². The molecule has 0 aliphatic carbocycles. The van der Waals surface area contributed by atoms with Crippen LogP contribution in [-0.4, -0.2) is 16.5 Å². The van der Waals surface area contributed by atoms with Crippen molar-refractivity contribution in [3.63, 3.8) is 0 Å². The minimum atomic E-state index is 0.980. The molecule has 0 amide bonds. The van der Waals surface area contributed by atoms with Crippen molar-refractivity contribution in [1.29, 1.82) is 0 Å². The molecule has 1 aromatic carbocycles. The Morgan fingerprint density at radius 1 is 1.10 bits per heavy atom. The van der Waals surface area contributed by atoms with Gasteiger partial charge in [-0.05, 0) is 42.3 Å². The van der Waals surface area contributed by atoms with Crippen LogP contribution >= 0.6 is 11.3 Å². The summed E-state index contributed by atoms with van der Waals surface area (Å²) in [5, 5.41) is 6.56. The van der Waals surface area contributed by atoms with E-state index in [1.165, 1.54) is 16.7 Å². The summed E-state index contributed by atoms with van der Waals surface area (Å²) in [5.41, 5.74) is 6.20. The topological polar surface area (TPSA) is 37.8 Å². The highest BCUT2D eigenvalue weighted by Crippen LogP contribution is 2.30. The van der Waals surface area contributed by atoms with E-state index in [2.05, 4.69) is 33.9 Å². The van der Waals surface area contributed by atoms with Crippen molar-refractivity contribution in [1.82, 2.24) is 15.3 Å². The highest BCUT2D eigenvalue weighted by atomic mass is 32.1. The Hall–Kier alpha value is -2.04. The second kappa shape index (κ2) is 5.39. The molecule has 21 heavy (non-hydrogen) atoms. The lowest BCUT2D eigenvalue weighted by atomic mass is 9.98. The van der Waals surface area contributed by atoms with Crippen LogP contribution in [-0.2, 0) is 13.0 Å². The molecule has 3 aromatic rings. The quantitative estimate of drug-likeness (QED) is 0.785. The first-order valence-electron chi connectivity index (χ1n) is 7.09. The third-order valence-corrected chi connectivity index (χ3v) is 4.69. The van der Waals surface area contributed by atoms with Gasteiger partial charge in [0.2, 0.25) is 0 Å². The van der Waals surface area contributed by atoms with Crippen LogP contribution in [0, 0.1) is 0 Å². The Morgan fingerprint density at radius 2 is 2.10 bits per heavy atom. The molecule has 0 radical (unpaired) electrons. The molecule has 104 valence electrons. The molecule has 0 fully saturated rings. The van der Waals surface area contributed by atoms with Gasteiger partial charge in [-0.15, -0.1) is 11.3 Å². The van der Waals surface area contributed by atoms with Gasteiger partial charge >= 0.3 is 0 Å². The van der Waals surface area contributed by atoms with Gasteiger partial charge in [-0.2, -0.15) is 0 Å². The number of fused-ring (bicyclic) bond motifs is 1. The summed E-state index contributed by atoms with van der Waals surface area (Å²) in [6.07, 6.45) is 4.75. The molecule has 3 heterocycles. The van der Waals surface area contributed by atoms with Crippen molar-refractivity contribution < 1.29 is 0 Å². The molecular formula is C17H15N3S.